The van der Waals surface area contributed by atoms with E-state index in [1.807, 2.05) is 13.0 Å². The van der Waals surface area contributed by atoms with Crippen LogP contribution in [0.3, 0.4) is 0 Å². The van der Waals surface area contributed by atoms with E-state index in [-0.39, 0.29) is 0 Å². The van der Waals surface area contributed by atoms with E-state index in [2.05, 4.69) is 11.6 Å². The van der Waals surface area contributed by atoms with Gasteiger partial charge in [0.2, 0.25) is 0 Å². The lowest BCUT2D eigenvalue weighted by Crippen LogP contribution is -1.87. The van der Waals surface area contributed by atoms with Crippen LogP contribution in [-0.2, 0) is 0 Å². The lowest BCUT2D eigenvalue weighted by molar-refractivity contribution is 1.42. The maximum absolute atomic E-state index is 4.97. The van der Waals surface area contributed by atoms with Crippen molar-refractivity contribution in [2.45, 2.75) is 6.92 Å². The third kappa shape index (κ3) is 3.15. The molecule has 0 spiro atoms. The second-order valence-electron chi connectivity index (χ2n) is 1.27. The molecule has 0 amide bonds. The highest BCUT2D eigenvalue weighted by atomic mass is 14.8. The van der Waals surface area contributed by atoms with Crippen molar-refractivity contribution in [3.05, 3.63) is 24.4 Å². The topological polar surface area (TPSA) is 38.4 Å². The van der Waals surface area contributed by atoms with Crippen LogP contribution in [0, 0.1) is 0 Å². The predicted molar refractivity (Wildman–Crippen MR) is 36.6 cm³/mol. The lowest BCUT2D eigenvalue weighted by atomic mass is 10.4. The fraction of sp³-hybridized carbons (Fsp3) is 0.167. The Morgan fingerprint density at radius 1 is 1.75 bits per heavy atom. The highest BCUT2D eigenvalue weighted by Gasteiger charge is 1.73. The summed E-state index contributed by atoms with van der Waals surface area (Å²) >= 11 is 0. The molecular formula is C6H10N2. The maximum atomic E-state index is 4.97. The number of allylic oxidation sites excluding steroid dienone is 2. The smallest absolute Gasteiger partial charge is 0.0859 e. The molecule has 0 atom stereocenters. The second kappa shape index (κ2) is 4.12. The van der Waals surface area contributed by atoms with Gasteiger partial charge in [-0.15, -0.1) is 0 Å². The summed E-state index contributed by atoms with van der Waals surface area (Å²) in [6, 6.07) is 0. The third-order valence-electron chi connectivity index (χ3n) is 0.599. The van der Waals surface area contributed by atoms with Crippen LogP contribution in [0.4, 0.5) is 0 Å². The number of aliphatic imine (C=N–C) groups is 1. The van der Waals surface area contributed by atoms with Gasteiger partial charge in [0.1, 0.15) is 0 Å². The zero-order valence-corrected chi connectivity index (χ0v) is 4.96. The Kier molecular flexibility index (Phi) is 3.58. The normalized spacial score (nSPS) is 11.1. The monoisotopic (exact) mass is 110 g/mol. The Balaban J connectivity index is 3.66. The standard InChI is InChI=1S/C6H10N2/c1-3-4-6(2)8-5-7/h3-5H,2H2,1H3,(H2,7,8)/b4-3-. The van der Waals surface area contributed by atoms with Gasteiger partial charge in [0.25, 0.3) is 0 Å². The molecule has 2 nitrogen and oxygen atoms in total. The van der Waals surface area contributed by atoms with Crippen molar-refractivity contribution >= 4 is 6.34 Å². The van der Waals surface area contributed by atoms with Crippen molar-refractivity contribution in [1.29, 1.82) is 0 Å². The summed E-state index contributed by atoms with van der Waals surface area (Å²) in [5.41, 5.74) is 5.65. The van der Waals surface area contributed by atoms with E-state index < -0.39 is 0 Å². The van der Waals surface area contributed by atoms with Gasteiger partial charge in [-0.05, 0) is 13.0 Å². The largest absolute Gasteiger partial charge is 0.390 e. The minimum Gasteiger partial charge on any atom is -0.390 e. The van der Waals surface area contributed by atoms with Crippen LogP contribution in [0.25, 0.3) is 0 Å². The Bertz CT molecular complexity index is 108. The molecule has 0 aliphatic carbocycles. The number of rotatable bonds is 2. The Morgan fingerprint density at radius 3 is 2.75 bits per heavy atom. The van der Waals surface area contributed by atoms with Crippen molar-refractivity contribution in [3.63, 3.8) is 0 Å². The van der Waals surface area contributed by atoms with Crippen LogP contribution in [0.5, 0.6) is 0 Å². The van der Waals surface area contributed by atoms with Crippen LogP contribution in [0.1, 0.15) is 6.92 Å². The number of nitrogens with zero attached hydrogens (tertiary/aromatic N) is 1. The van der Waals surface area contributed by atoms with Crippen LogP contribution in [0.15, 0.2) is 29.4 Å². The Morgan fingerprint density at radius 2 is 2.38 bits per heavy atom. The van der Waals surface area contributed by atoms with Gasteiger partial charge in [-0.2, -0.15) is 0 Å². The average Bonchev–Trinajstić information content (AvgIpc) is 1.68. The molecule has 0 rings (SSSR count). The molecule has 0 heterocycles. The number of hydrogen-bond acceptors (Lipinski definition) is 1. The fourth-order valence-corrected chi connectivity index (χ4v) is 0.331. The van der Waals surface area contributed by atoms with E-state index in [0.717, 1.165) is 0 Å². The first-order chi connectivity index (χ1) is 3.81. The first-order valence-electron chi connectivity index (χ1n) is 2.37. The summed E-state index contributed by atoms with van der Waals surface area (Å²) in [6.07, 6.45) is 4.86. The van der Waals surface area contributed by atoms with E-state index in [1.54, 1.807) is 6.08 Å². The molecule has 0 fully saturated rings. The van der Waals surface area contributed by atoms with Gasteiger partial charge in [0.05, 0.1) is 12.0 Å². The second-order valence-corrected chi connectivity index (χ2v) is 1.27. The molecule has 44 valence electrons. The highest BCUT2D eigenvalue weighted by Crippen LogP contribution is 1.90. The molecule has 2 heteroatoms. The van der Waals surface area contributed by atoms with E-state index >= 15 is 0 Å². The predicted octanol–water partition coefficient (Wildman–Crippen LogP) is 1.06. The molecule has 0 saturated carbocycles. The first-order valence-corrected chi connectivity index (χ1v) is 2.37. The summed E-state index contributed by atoms with van der Waals surface area (Å²) in [5, 5.41) is 0. The lowest BCUT2D eigenvalue weighted by Gasteiger charge is -1.82. The molecule has 0 unspecified atom stereocenters. The van der Waals surface area contributed by atoms with Crippen molar-refractivity contribution in [2.75, 3.05) is 0 Å². The minimum absolute atomic E-state index is 0.676. The van der Waals surface area contributed by atoms with E-state index in [4.69, 9.17) is 5.73 Å². The molecule has 2 N–H and O–H groups in total. The van der Waals surface area contributed by atoms with Gasteiger partial charge in [0, 0.05) is 0 Å². The van der Waals surface area contributed by atoms with Crippen LogP contribution in [0.2, 0.25) is 0 Å². The fourth-order valence-electron chi connectivity index (χ4n) is 0.331. The van der Waals surface area contributed by atoms with Crippen molar-refractivity contribution < 1.29 is 0 Å². The van der Waals surface area contributed by atoms with Crippen LogP contribution >= 0.6 is 0 Å². The molecular weight excluding hydrogens is 100 g/mol. The van der Waals surface area contributed by atoms with Gasteiger partial charge in [0.15, 0.2) is 0 Å². The molecule has 0 saturated heterocycles. The van der Waals surface area contributed by atoms with Gasteiger partial charge in [-0.1, -0.05) is 12.7 Å². The zero-order chi connectivity index (χ0) is 6.41. The molecule has 0 aromatic carbocycles. The number of hydrogen-bond donors (Lipinski definition) is 1. The third-order valence-corrected chi connectivity index (χ3v) is 0.599. The molecule has 0 aliphatic rings. The SMILES string of the molecule is C=C(/C=C\C)N=CN. The summed E-state index contributed by atoms with van der Waals surface area (Å²) < 4.78 is 0. The van der Waals surface area contributed by atoms with E-state index in [0.29, 0.717) is 5.70 Å². The van der Waals surface area contributed by atoms with Crippen molar-refractivity contribution in [3.8, 4) is 0 Å². The van der Waals surface area contributed by atoms with Crippen LogP contribution < -0.4 is 5.73 Å². The number of nitrogens with two attached hydrogens (primary N) is 1. The average molecular weight is 110 g/mol. The molecule has 0 bridgehead atoms. The summed E-state index contributed by atoms with van der Waals surface area (Å²) in [6.45, 7) is 5.47. The quantitative estimate of drug-likeness (QED) is 0.322. The Labute approximate surface area is 49.4 Å². The maximum Gasteiger partial charge on any atom is 0.0859 e. The van der Waals surface area contributed by atoms with Gasteiger partial charge < -0.3 is 5.73 Å². The highest BCUT2D eigenvalue weighted by molar-refractivity contribution is 5.53. The summed E-state index contributed by atoms with van der Waals surface area (Å²) in [4.78, 5) is 3.69. The summed E-state index contributed by atoms with van der Waals surface area (Å²) in [5.74, 6) is 0. The van der Waals surface area contributed by atoms with Gasteiger partial charge in [-0.3, -0.25) is 0 Å². The van der Waals surface area contributed by atoms with E-state index in [1.165, 1.54) is 6.34 Å². The first kappa shape index (κ1) is 6.95. The minimum atomic E-state index is 0.676. The van der Waals surface area contributed by atoms with Crippen molar-refractivity contribution in [1.82, 2.24) is 0 Å². The van der Waals surface area contributed by atoms with Crippen molar-refractivity contribution in [2.24, 2.45) is 10.7 Å². The Hall–Kier alpha value is -1.05. The molecule has 0 radical (unpaired) electrons. The molecule has 0 aromatic rings. The van der Waals surface area contributed by atoms with Crippen LogP contribution in [-0.4, -0.2) is 6.34 Å². The molecule has 8 heavy (non-hydrogen) atoms. The van der Waals surface area contributed by atoms with Gasteiger partial charge in [-0.25, -0.2) is 4.99 Å². The molecule has 0 aromatic heterocycles. The summed E-state index contributed by atoms with van der Waals surface area (Å²) in [7, 11) is 0. The zero-order valence-electron chi connectivity index (χ0n) is 4.96. The molecule has 0 aliphatic heterocycles. The van der Waals surface area contributed by atoms with Gasteiger partial charge >= 0.3 is 0 Å². The van der Waals surface area contributed by atoms with E-state index in [9.17, 15) is 0 Å².